The Bertz CT molecular complexity index is 382. The standard InChI is InChI=1S/C13H20ClN3O/c1-17(2)9-5-8-15-13(18)10-16-12-7-4-3-6-11(12)14/h3-4,6-7,16H,5,8-10H2,1-2H3,(H,15,18). The predicted octanol–water partition coefficient (Wildman–Crippen LogP) is 1.82. The highest BCUT2D eigenvalue weighted by Gasteiger charge is 2.02. The number of nitrogens with zero attached hydrogens (tertiary/aromatic N) is 1. The van der Waals surface area contributed by atoms with Crippen LogP contribution in [-0.2, 0) is 4.79 Å². The maximum Gasteiger partial charge on any atom is 0.239 e. The van der Waals surface area contributed by atoms with Crippen molar-refractivity contribution in [2.24, 2.45) is 0 Å². The van der Waals surface area contributed by atoms with Crippen LogP contribution in [0.25, 0.3) is 0 Å². The third kappa shape index (κ3) is 5.89. The number of benzene rings is 1. The molecule has 18 heavy (non-hydrogen) atoms. The smallest absolute Gasteiger partial charge is 0.239 e. The Labute approximate surface area is 113 Å². The van der Waals surface area contributed by atoms with E-state index < -0.39 is 0 Å². The molecule has 0 aliphatic carbocycles. The van der Waals surface area contributed by atoms with Crippen LogP contribution in [0.2, 0.25) is 5.02 Å². The van der Waals surface area contributed by atoms with E-state index in [2.05, 4.69) is 15.5 Å². The zero-order valence-corrected chi connectivity index (χ0v) is 11.6. The van der Waals surface area contributed by atoms with Gasteiger partial charge in [0.05, 0.1) is 17.3 Å². The lowest BCUT2D eigenvalue weighted by Gasteiger charge is -2.11. The van der Waals surface area contributed by atoms with Gasteiger partial charge in [0.2, 0.25) is 5.91 Å². The first-order chi connectivity index (χ1) is 8.59. The van der Waals surface area contributed by atoms with Crippen LogP contribution in [0.3, 0.4) is 0 Å². The quantitative estimate of drug-likeness (QED) is 0.742. The molecule has 1 aromatic rings. The van der Waals surface area contributed by atoms with E-state index in [1.807, 2.05) is 32.3 Å². The molecule has 1 aromatic carbocycles. The summed E-state index contributed by atoms with van der Waals surface area (Å²) in [5.41, 5.74) is 0.780. The minimum absolute atomic E-state index is 0.0197. The molecule has 0 fully saturated rings. The Morgan fingerprint density at radius 1 is 1.33 bits per heavy atom. The summed E-state index contributed by atoms with van der Waals surface area (Å²) in [6.07, 6.45) is 0.949. The first-order valence-corrected chi connectivity index (χ1v) is 6.37. The Morgan fingerprint density at radius 2 is 2.06 bits per heavy atom. The molecule has 0 saturated heterocycles. The van der Waals surface area contributed by atoms with Crippen LogP contribution in [0.5, 0.6) is 0 Å². The molecule has 1 amide bonds. The fraction of sp³-hybridized carbons (Fsp3) is 0.462. The lowest BCUT2D eigenvalue weighted by molar-refractivity contribution is -0.119. The number of hydrogen-bond acceptors (Lipinski definition) is 3. The number of amides is 1. The van der Waals surface area contributed by atoms with Crippen LogP contribution >= 0.6 is 11.6 Å². The molecule has 1 rings (SSSR count). The van der Waals surface area contributed by atoms with Gasteiger partial charge < -0.3 is 15.5 Å². The number of rotatable bonds is 7. The van der Waals surface area contributed by atoms with Gasteiger partial charge in [-0.25, -0.2) is 0 Å². The average Bonchev–Trinajstić information content (AvgIpc) is 2.33. The summed E-state index contributed by atoms with van der Waals surface area (Å²) in [5, 5.41) is 6.49. The van der Waals surface area contributed by atoms with Crippen molar-refractivity contribution in [1.29, 1.82) is 0 Å². The van der Waals surface area contributed by atoms with Crippen molar-refractivity contribution in [1.82, 2.24) is 10.2 Å². The van der Waals surface area contributed by atoms with Crippen molar-refractivity contribution in [3.8, 4) is 0 Å². The molecule has 0 saturated carbocycles. The highest BCUT2D eigenvalue weighted by Crippen LogP contribution is 2.19. The Kier molecular flexibility index (Phi) is 6.54. The number of halogens is 1. The van der Waals surface area contributed by atoms with Crippen molar-refractivity contribution in [3.05, 3.63) is 29.3 Å². The zero-order valence-electron chi connectivity index (χ0n) is 10.9. The van der Waals surface area contributed by atoms with Gasteiger partial charge in [-0.15, -0.1) is 0 Å². The van der Waals surface area contributed by atoms with Crippen LogP contribution in [0.1, 0.15) is 6.42 Å². The molecular weight excluding hydrogens is 250 g/mol. The fourth-order valence-electron chi connectivity index (χ4n) is 1.47. The van der Waals surface area contributed by atoms with Gasteiger partial charge >= 0.3 is 0 Å². The van der Waals surface area contributed by atoms with Gasteiger partial charge in [0.25, 0.3) is 0 Å². The normalized spacial score (nSPS) is 10.4. The van der Waals surface area contributed by atoms with Crippen molar-refractivity contribution in [2.45, 2.75) is 6.42 Å². The summed E-state index contributed by atoms with van der Waals surface area (Å²) in [4.78, 5) is 13.6. The van der Waals surface area contributed by atoms with E-state index in [0.29, 0.717) is 11.6 Å². The highest BCUT2D eigenvalue weighted by atomic mass is 35.5. The topological polar surface area (TPSA) is 44.4 Å². The summed E-state index contributed by atoms with van der Waals surface area (Å²) in [6.45, 7) is 1.91. The number of nitrogens with one attached hydrogen (secondary N) is 2. The second-order valence-electron chi connectivity index (χ2n) is 4.34. The lowest BCUT2D eigenvalue weighted by Crippen LogP contribution is -2.32. The summed E-state index contributed by atoms with van der Waals surface area (Å²) in [7, 11) is 4.03. The molecule has 0 radical (unpaired) electrons. The lowest BCUT2D eigenvalue weighted by atomic mass is 10.3. The monoisotopic (exact) mass is 269 g/mol. The number of hydrogen-bond donors (Lipinski definition) is 2. The highest BCUT2D eigenvalue weighted by molar-refractivity contribution is 6.33. The SMILES string of the molecule is CN(C)CCCNC(=O)CNc1ccccc1Cl. The van der Waals surface area contributed by atoms with Crippen molar-refractivity contribution >= 4 is 23.2 Å². The van der Waals surface area contributed by atoms with Crippen molar-refractivity contribution in [2.75, 3.05) is 39.0 Å². The second kappa shape index (κ2) is 7.95. The molecule has 0 heterocycles. The molecule has 0 bridgehead atoms. The van der Waals surface area contributed by atoms with Gasteiger partial charge in [-0.05, 0) is 39.2 Å². The van der Waals surface area contributed by atoms with E-state index in [1.54, 1.807) is 6.07 Å². The van der Waals surface area contributed by atoms with Crippen LogP contribution in [0, 0.1) is 0 Å². The molecule has 0 aliphatic heterocycles. The summed E-state index contributed by atoms with van der Waals surface area (Å²) in [5.74, 6) is -0.0197. The van der Waals surface area contributed by atoms with Gasteiger partial charge in [0, 0.05) is 6.54 Å². The summed E-state index contributed by atoms with van der Waals surface area (Å²) in [6, 6.07) is 7.37. The first-order valence-electron chi connectivity index (χ1n) is 5.99. The second-order valence-corrected chi connectivity index (χ2v) is 4.75. The molecule has 4 nitrogen and oxygen atoms in total. The molecule has 100 valence electrons. The third-order valence-electron chi connectivity index (χ3n) is 2.42. The van der Waals surface area contributed by atoms with Gasteiger partial charge in [0.1, 0.15) is 0 Å². The van der Waals surface area contributed by atoms with Crippen LogP contribution in [0.4, 0.5) is 5.69 Å². The minimum atomic E-state index is -0.0197. The maximum atomic E-state index is 11.5. The minimum Gasteiger partial charge on any atom is -0.375 e. The van der Waals surface area contributed by atoms with E-state index >= 15 is 0 Å². The molecule has 0 spiro atoms. The number of carbonyl (C=O) groups is 1. The fourth-order valence-corrected chi connectivity index (χ4v) is 1.67. The number of anilines is 1. The van der Waals surface area contributed by atoms with E-state index in [0.717, 1.165) is 18.7 Å². The van der Waals surface area contributed by atoms with E-state index in [1.165, 1.54) is 0 Å². The van der Waals surface area contributed by atoms with Crippen molar-refractivity contribution in [3.63, 3.8) is 0 Å². The van der Waals surface area contributed by atoms with E-state index in [9.17, 15) is 4.79 Å². The van der Waals surface area contributed by atoms with Gasteiger partial charge in [-0.2, -0.15) is 0 Å². The molecule has 2 N–H and O–H groups in total. The average molecular weight is 270 g/mol. The van der Waals surface area contributed by atoms with Crippen LogP contribution < -0.4 is 10.6 Å². The summed E-state index contributed by atoms with van der Waals surface area (Å²) >= 11 is 5.97. The zero-order chi connectivity index (χ0) is 13.4. The van der Waals surface area contributed by atoms with E-state index in [4.69, 9.17) is 11.6 Å². The molecule has 0 aliphatic rings. The summed E-state index contributed by atoms with van der Waals surface area (Å²) < 4.78 is 0. The molecular formula is C13H20ClN3O. The maximum absolute atomic E-state index is 11.5. The Hall–Kier alpha value is -1.26. The first kappa shape index (κ1) is 14.8. The van der Waals surface area contributed by atoms with E-state index in [-0.39, 0.29) is 12.5 Å². The van der Waals surface area contributed by atoms with Crippen LogP contribution in [-0.4, -0.2) is 44.5 Å². The number of para-hydroxylation sites is 1. The Morgan fingerprint density at radius 3 is 2.72 bits per heavy atom. The largest absolute Gasteiger partial charge is 0.375 e. The van der Waals surface area contributed by atoms with Crippen LogP contribution in [0.15, 0.2) is 24.3 Å². The van der Waals surface area contributed by atoms with Gasteiger partial charge in [-0.3, -0.25) is 4.79 Å². The molecule has 0 unspecified atom stereocenters. The number of carbonyl (C=O) groups excluding carboxylic acids is 1. The van der Waals surface area contributed by atoms with Gasteiger partial charge in [-0.1, -0.05) is 23.7 Å². The van der Waals surface area contributed by atoms with Crippen molar-refractivity contribution < 1.29 is 4.79 Å². The molecule has 5 heteroatoms. The predicted molar refractivity (Wildman–Crippen MR) is 76.1 cm³/mol. The third-order valence-corrected chi connectivity index (χ3v) is 2.75. The molecule has 0 aromatic heterocycles. The molecule has 0 atom stereocenters. The van der Waals surface area contributed by atoms with Gasteiger partial charge in [0.15, 0.2) is 0 Å². The Balaban J connectivity index is 2.19.